The third-order valence-electron chi connectivity index (χ3n) is 2.86. The van der Waals surface area contributed by atoms with Crippen LogP contribution < -0.4 is 5.73 Å². The van der Waals surface area contributed by atoms with E-state index >= 15 is 0 Å². The monoisotopic (exact) mass is 526 g/mol. The van der Waals surface area contributed by atoms with Crippen molar-refractivity contribution in [2.75, 3.05) is 5.73 Å². The topological polar surface area (TPSA) is 187 Å². The van der Waals surface area contributed by atoms with Crippen molar-refractivity contribution in [1.29, 1.82) is 0 Å². The minimum Gasteiger partial charge on any atom is -0.478 e. The number of benzene rings is 2. The fourth-order valence-electron chi connectivity index (χ4n) is 1.62. The van der Waals surface area contributed by atoms with Crippen molar-refractivity contribution >= 4 is 51.6 Å². The summed E-state index contributed by atoms with van der Waals surface area (Å²) < 4.78 is 0.424. The van der Waals surface area contributed by atoms with E-state index in [1.54, 1.807) is 22.6 Å². The number of carbonyl (C=O) groups is 2. The van der Waals surface area contributed by atoms with Crippen molar-refractivity contribution < 1.29 is 48.2 Å². The van der Waals surface area contributed by atoms with Crippen LogP contribution >= 0.6 is 22.6 Å². The maximum absolute atomic E-state index is 10.5. The number of nitrogen functional groups attached to an aromatic ring is 1. The number of aromatic carboxylic acids is 2. The number of carboxylic acids is 2. The van der Waals surface area contributed by atoms with Crippen LogP contribution in [-0.4, -0.2) is 32.0 Å². The normalized spacial score (nSPS) is 9.22. The summed E-state index contributed by atoms with van der Waals surface area (Å²) in [5.74, 6) is -2.39. The third-order valence-corrected chi connectivity index (χ3v) is 3.78. The number of anilines is 1. The van der Waals surface area contributed by atoms with Gasteiger partial charge in [-0.2, -0.15) is 0 Å². The van der Waals surface area contributed by atoms with Gasteiger partial charge in [0.05, 0.1) is 24.5 Å². The second-order valence-corrected chi connectivity index (χ2v) is 5.73. The number of hydrogen-bond donors (Lipinski definition) is 3. The molecule has 0 saturated heterocycles. The Morgan fingerprint density at radius 2 is 1.30 bits per heavy atom. The molecule has 2 rings (SSSR count). The molecule has 0 heterocycles. The maximum Gasteiger partial charge on any atom is 0.335 e. The van der Waals surface area contributed by atoms with E-state index in [9.17, 15) is 29.8 Å². The summed E-state index contributed by atoms with van der Waals surface area (Å²) in [7, 11) is 0. The number of nitrogens with two attached hydrogens (primary N) is 1. The third kappa shape index (κ3) is 6.84. The molecule has 0 aliphatic heterocycles. The fraction of sp³-hybridized carbons (Fsp3) is 0. The summed E-state index contributed by atoms with van der Waals surface area (Å²) in [4.78, 5) is 40.3. The molecule has 0 saturated carbocycles. The second kappa shape index (κ2) is 10.4. The average Bonchev–Trinajstić information content (AvgIpc) is 2.55. The first-order valence-electron chi connectivity index (χ1n) is 6.49. The number of nitro benzene ring substituents is 2. The Labute approximate surface area is 176 Å². The van der Waals surface area contributed by atoms with Gasteiger partial charge in [0.25, 0.3) is 11.4 Å². The van der Waals surface area contributed by atoms with Crippen molar-refractivity contribution in [2.24, 2.45) is 0 Å². The quantitative estimate of drug-likeness (QED) is 0.233. The Hall–Kier alpha value is -2.71. The van der Waals surface area contributed by atoms with Crippen molar-refractivity contribution in [1.82, 2.24) is 0 Å². The Balaban J connectivity index is 0.000000483. The van der Waals surface area contributed by atoms with Crippen LogP contribution in [0.2, 0.25) is 0 Å². The molecule has 0 aliphatic carbocycles. The molecule has 0 fully saturated rings. The predicted octanol–water partition coefficient (Wildman–Crippen LogP) is 2.77. The molecule has 2 aromatic carbocycles. The van der Waals surface area contributed by atoms with E-state index < -0.39 is 21.8 Å². The van der Waals surface area contributed by atoms with Gasteiger partial charge in [-0.15, -0.1) is 0 Å². The summed E-state index contributed by atoms with van der Waals surface area (Å²) in [5, 5.41) is 37.8. The first-order chi connectivity index (χ1) is 12.0. The zero-order chi connectivity index (χ0) is 20.0. The molecule has 0 aromatic heterocycles. The van der Waals surface area contributed by atoms with Gasteiger partial charge in [0.15, 0.2) is 0 Å². The van der Waals surface area contributed by atoms with E-state index in [1.807, 2.05) is 0 Å². The molecule has 0 bridgehead atoms. The van der Waals surface area contributed by atoms with Gasteiger partial charge >= 0.3 is 11.9 Å². The van der Waals surface area contributed by atoms with Gasteiger partial charge < -0.3 is 15.9 Å². The number of carboxylic acid groups (broad SMARTS) is 2. The van der Waals surface area contributed by atoms with Gasteiger partial charge in [0, 0.05) is 30.7 Å². The SMILES string of the molecule is Nc1ccc(C(=O)O)cc1[N+](=O)[O-].O=C(O)c1ccc(I)c([N+](=O)[O-])c1.[V]. The Morgan fingerprint density at radius 1 is 0.889 bits per heavy atom. The largest absolute Gasteiger partial charge is 0.478 e. The zero-order valence-corrected chi connectivity index (χ0v) is 16.7. The number of nitrogens with zero attached hydrogens (tertiary/aromatic N) is 2. The Kier molecular flexibility index (Phi) is 9.40. The molecule has 27 heavy (non-hydrogen) atoms. The van der Waals surface area contributed by atoms with Gasteiger partial charge in [-0.25, -0.2) is 9.59 Å². The number of rotatable bonds is 4. The fourth-order valence-corrected chi connectivity index (χ4v) is 2.15. The molecule has 0 amide bonds. The first-order valence-corrected chi connectivity index (χ1v) is 7.57. The van der Waals surface area contributed by atoms with Crippen LogP contribution in [0.4, 0.5) is 17.1 Å². The van der Waals surface area contributed by atoms with Gasteiger partial charge in [-0.3, -0.25) is 20.2 Å². The molecule has 141 valence electrons. The number of nitro groups is 2. The molecule has 0 unspecified atom stereocenters. The summed E-state index contributed by atoms with van der Waals surface area (Å²) in [6.45, 7) is 0. The Bertz CT molecular complexity index is 832. The van der Waals surface area contributed by atoms with Crippen molar-refractivity contribution in [3.63, 3.8) is 0 Å². The minimum atomic E-state index is -1.22. The molecule has 0 spiro atoms. The maximum atomic E-state index is 10.5. The molecule has 0 aliphatic rings. The van der Waals surface area contributed by atoms with Crippen LogP contribution in [0.15, 0.2) is 36.4 Å². The minimum absolute atomic E-state index is 0. The van der Waals surface area contributed by atoms with E-state index in [-0.39, 0.29) is 46.7 Å². The van der Waals surface area contributed by atoms with E-state index in [2.05, 4.69) is 0 Å². The molecule has 0 atom stereocenters. The molecule has 11 nitrogen and oxygen atoms in total. The standard InChI is InChI=1S/C7H4INO4.C7H6N2O4.V/c2*8-5-2-1-4(7(10)11)3-6(5)9(12)13;/h1-3H,(H,10,11);1-3H,8H2,(H,10,11);. The molecule has 2 aromatic rings. The first kappa shape index (κ1) is 24.3. The van der Waals surface area contributed by atoms with Crippen LogP contribution in [0.25, 0.3) is 0 Å². The van der Waals surface area contributed by atoms with Crippen LogP contribution in [0.3, 0.4) is 0 Å². The van der Waals surface area contributed by atoms with E-state index in [1.165, 1.54) is 24.3 Å². The second-order valence-electron chi connectivity index (χ2n) is 4.56. The van der Waals surface area contributed by atoms with Crippen molar-refractivity contribution in [3.8, 4) is 0 Å². The van der Waals surface area contributed by atoms with Crippen LogP contribution in [0, 0.1) is 23.8 Å². The summed E-state index contributed by atoms with van der Waals surface area (Å²) in [5.41, 5.74) is 4.41. The number of hydrogen-bond acceptors (Lipinski definition) is 7. The van der Waals surface area contributed by atoms with E-state index in [0.717, 1.165) is 12.1 Å². The molecule has 13 heteroatoms. The van der Waals surface area contributed by atoms with Crippen LogP contribution in [0.5, 0.6) is 0 Å². The van der Waals surface area contributed by atoms with Gasteiger partial charge in [-0.1, -0.05) is 0 Å². The van der Waals surface area contributed by atoms with Crippen molar-refractivity contribution in [3.05, 3.63) is 71.3 Å². The predicted molar refractivity (Wildman–Crippen MR) is 97.2 cm³/mol. The average molecular weight is 526 g/mol. The molecular formula is C14H10IN3O8V. The van der Waals surface area contributed by atoms with Gasteiger partial charge in [0.1, 0.15) is 5.69 Å². The zero-order valence-electron chi connectivity index (χ0n) is 13.1. The van der Waals surface area contributed by atoms with E-state index in [4.69, 9.17) is 15.9 Å². The van der Waals surface area contributed by atoms with Gasteiger partial charge in [0.2, 0.25) is 0 Å². The Morgan fingerprint density at radius 3 is 1.70 bits per heavy atom. The summed E-state index contributed by atoms with van der Waals surface area (Å²) in [6, 6.07) is 7.12. The molecular weight excluding hydrogens is 516 g/mol. The van der Waals surface area contributed by atoms with Crippen LogP contribution in [-0.2, 0) is 18.6 Å². The van der Waals surface area contributed by atoms with Crippen LogP contribution in [0.1, 0.15) is 20.7 Å². The van der Waals surface area contributed by atoms with Crippen molar-refractivity contribution in [2.45, 2.75) is 0 Å². The summed E-state index contributed by atoms with van der Waals surface area (Å²) >= 11 is 1.78. The van der Waals surface area contributed by atoms with Gasteiger partial charge in [-0.05, 0) is 46.9 Å². The molecule has 1 radical (unpaired) electrons. The smallest absolute Gasteiger partial charge is 0.335 e. The number of halogens is 1. The van der Waals surface area contributed by atoms with E-state index in [0.29, 0.717) is 3.57 Å². The summed E-state index contributed by atoms with van der Waals surface area (Å²) in [6.07, 6.45) is 0. The molecule has 4 N–H and O–H groups in total.